The maximum atomic E-state index is 12.2. The molecule has 1 atom stereocenters. The summed E-state index contributed by atoms with van der Waals surface area (Å²) in [4.78, 5) is 20.7. The Bertz CT molecular complexity index is 712. The molecule has 1 aliphatic rings. The van der Waals surface area contributed by atoms with E-state index in [0.717, 1.165) is 0 Å². The molecule has 0 radical (unpaired) electrons. The molecule has 10 heteroatoms. The van der Waals surface area contributed by atoms with Crippen LogP contribution in [0, 0.1) is 0 Å². The molecule has 30 heavy (non-hydrogen) atoms. The Balaban J connectivity index is 1.85. The van der Waals surface area contributed by atoms with E-state index in [4.69, 9.17) is 28.4 Å². The predicted molar refractivity (Wildman–Crippen MR) is 107 cm³/mol. The summed E-state index contributed by atoms with van der Waals surface area (Å²) in [5, 5.41) is 10.1. The molecule has 10 nitrogen and oxygen atoms in total. The third-order valence-electron chi connectivity index (χ3n) is 4.05. The van der Waals surface area contributed by atoms with E-state index in [1.165, 1.54) is 12.1 Å². The summed E-state index contributed by atoms with van der Waals surface area (Å²) in [6, 6.07) is 2.95. The van der Waals surface area contributed by atoms with Crippen LogP contribution >= 0.6 is 0 Å². The Morgan fingerprint density at radius 3 is 2.53 bits per heavy atom. The molecular weight excluding hydrogens is 396 g/mol. The van der Waals surface area contributed by atoms with Gasteiger partial charge in [-0.2, -0.15) is 0 Å². The predicted octanol–water partition coefficient (Wildman–Crippen LogP) is 1.33. The lowest BCUT2D eigenvalue weighted by Gasteiger charge is -2.15. The van der Waals surface area contributed by atoms with Crippen LogP contribution in [-0.4, -0.2) is 87.5 Å². The lowest BCUT2D eigenvalue weighted by molar-refractivity contribution is -0.149. The second-order valence-electron chi connectivity index (χ2n) is 6.70. The van der Waals surface area contributed by atoms with Crippen LogP contribution in [0.5, 0.6) is 11.6 Å². The molecule has 0 saturated carbocycles. The summed E-state index contributed by atoms with van der Waals surface area (Å²) < 4.78 is 31.8. The lowest BCUT2D eigenvalue weighted by atomic mass is 10.1. The molecule has 168 valence electrons. The number of carbonyl (C=O) groups is 1. The van der Waals surface area contributed by atoms with Gasteiger partial charge in [0.25, 0.3) is 0 Å². The summed E-state index contributed by atoms with van der Waals surface area (Å²) in [5.41, 5.74) is -1.07. The molecule has 0 aromatic carbocycles. The Morgan fingerprint density at radius 1 is 1.13 bits per heavy atom. The highest BCUT2D eigenvalue weighted by Crippen LogP contribution is 2.27. The van der Waals surface area contributed by atoms with Crippen molar-refractivity contribution in [3.63, 3.8) is 0 Å². The highest BCUT2D eigenvalue weighted by atomic mass is 16.6. The van der Waals surface area contributed by atoms with Gasteiger partial charge in [-0.15, -0.1) is 0 Å². The first-order valence-corrected chi connectivity index (χ1v) is 9.87. The third-order valence-corrected chi connectivity index (χ3v) is 4.05. The van der Waals surface area contributed by atoms with Crippen LogP contribution in [0.3, 0.4) is 0 Å². The first kappa shape index (κ1) is 23.8. The van der Waals surface area contributed by atoms with Gasteiger partial charge in [0, 0.05) is 13.2 Å². The molecule has 0 amide bonds. The van der Waals surface area contributed by atoms with Crippen LogP contribution in [0.15, 0.2) is 17.1 Å². The van der Waals surface area contributed by atoms with Crippen LogP contribution in [0.25, 0.3) is 0 Å². The van der Waals surface area contributed by atoms with E-state index in [1.54, 1.807) is 14.0 Å². The molecule has 1 aromatic rings. The van der Waals surface area contributed by atoms with Crippen molar-refractivity contribution >= 4 is 11.9 Å². The van der Waals surface area contributed by atoms with Crippen molar-refractivity contribution < 1.29 is 38.3 Å². The third kappa shape index (κ3) is 7.12. The molecule has 1 aliphatic heterocycles. The number of esters is 1. The first-order chi connectivity index (χ1) is 14.5. The molecule has 0 saturated heterocycles. The van der Waals surface area contributed by atoms with Gasteiger partial charge in [-0.1, -0.05) is 6.92 Å². The molecule has 2 heterocycles. The molecule has 0 bridgehead atoms. The van der Waals surface area contributed by atoms with Crippen molar-refractivity contribution in [1.29, 1.82) is 0 Å². The monoisotopic (exact) mass is 426 g/mol. The Morgan fingerprint density at radius 2 is 1.83 bits per heavy atom. The Kier molecular flexibility index (Phi) is 9.78. The fraction of sp³-hybridized carbons (Fsp3) is 0.650. The lowest BCUT2D eigenvalue weighted by Crippen LogP contribution is -2.36. The molecule has 0 spiro atoms. The number of nitrogens with zero attached hydrogens (tertiary/aromatic N) is 2. The van der Waals surface area contributed by atoms with Crippen molar-refractivity contribution in [3.05, 3.63) is 17.8 Å². The highest BCUT2D eigenvalue weighted by molar-refractivity contribution is 5.99. The second-order valence-corrected chi connectivity index (χ2v) is 6.70. The van der Waals surface area contributed by atoms with Gasteiger partial charge >= 0.3 is 5.97 Å². The number of hydrogen-bond donors (Lipinski definition) is 1. The van der Waals surface area contributed by atoms with Gasteiger partial charge in [0.15, 0.2) is 11.2 Å². The maximum Gasteiger partial charge on any atom is 0.337 e. The highest BCUT2D eigenvalue weighted by Gasteiger charge is 2.42. The number of aromatic hydroxyl groups is 1. The van der Waals surface area contributed by atoms with Gasteiger partial charge in [0.1, 0.15) is 19.0 Å². The zero-order chi connectivity index (χ0) is 21.8. The molecule has 0 unspecified atom stereocenters. The molecular formula is C20H30N2O8. The minimum atomic E-state index is -1.17. The number of methoxy groups -OCH3 is 1. The number of carbonyl (C=O) groups excluding carboxylic acids is 1. The topological polar surface area (TPSA) is 118 Å². The molecule has 0 aliphatic carbocycles. The number of rotatable bonds is 14. The van der Waals surface area contributed by atoms with Crippen LogP contribution in [0.4, 0.5) is 0 Å². The van der Waals surface area contributed by atoms with Gasteiger partial charge in [-0.3, -0.25) is 0 Å². The van der Waals surface area contributed by atoms with Gasteiger partial charge in [0.2, 0.25) is 11.8 Å². The SMILES string of the molecule is CCCOC(=O)[C@@]1(C)COC(c2nc(OCCOCCOCCOC)ccc2O)=N1. The molecule has 1 aromatic heterocycles. The fourth-order valence-corrected chi connectivity index (χ4v) is 2.41. The summed E-state index contributed by atoms with van der Waals surface area (Å²) >= 11 is 0. The number of aromatic nitrogens is 1. The first-order valence-electron chi connectivity index (χ1n) is 9.87. The maximum absolute atomic E-state index is 12.2. The number of ether oxygens (including phenoxy) is 6. The Hall–Kier alpha value is -2.43. The van der Waals surface area contributed by atoms with Gasteiger partial charge in [0.05, 0.1) is 39.6 Å². The minimum Gasteiger partial charge on any atom is -0.505 e. The smallest absolute Gasteiger partial charge is 0.337 e. The number of hydrogen-bond acceptors (Lipinski definition) is 10. The van der Waals surface area contributed by atoms with Gasteiger partial charge in [-0.25, -0.2) is 14.8 Å². The molecule has 2 rings (SSSR count). The zero-order valence-corrected chi connectivity index (χ0v) is 17.7. The van der Waals surface area contributed by atoms with Crippen molar-refractivity contribution in [1.82, 2.24) is 4.98 Å². The van der Waals surface area contributed by atoms with E-state index in [2.05, 4.69) is 9.98 Å². The summed E-state index contributed by atoms with van der Waals surface area (Å²) in [7, 11) is 1.62. The molecule has 1 N–H and O–H groups in total. The van der Waals surface area contributed by atoms with Crippen molar-refractivity contribution in [2.45, 2.75) is 25.8 Å². The van der Waals surface area contributed by atoms with E-state index in [9.17, 15) is 9.90 Å². The summed E-state index contributed by atoms with van der Waals surface area (Å²) in [6.45, 7) is 6.46. The normalized spacial score (nSPS) is 18.0. The largest absolute Gasteiger partial charge is 0.505 e. The van der Waals surface area contributed by atoms with Crippen molar-refractivity contribution in [2.75, 3.05) is 60.0 Å². The fourth-order valence-electron chi connectivity index (χ4n) is 2.41. The molecule has 0 fully saturated rings. The number of aliphatic imine (C=N–C) groups is 1. The quantitative estimate of drug-likeness (QED) is 0.347. The average Bonchev–Trinajstić information content (AvgIpc) is 3.15. The van der Waals surface area contributed by atoms with E-state index in [-0.39, 0.29) is 36.4 Å². The van der Waals surface area contributed by atoms with Crippen molar-refractivity contribution in [3.8, 4) is 11.6 Å². The van der Waals surface area contributed by atoms with Gasteiger partial charge < -0.3 is 33.5 Å². The second kappa shape index (κ2) is 12.3. The van der Waals surface area contributed by atoms with E-state index < -0.39 is 11.5 Å². The minimum absolute atomic E-state index is 0.0113. The van der Waals surface area contributed by atoms with E-state index >= 15 is 0 Å². The van der Waals surface area contributed by atoms with Crippen LogP contribution in [-0.2, 0) is 28.5 Å². The van der Waals surface area contributed by atoms with Crippen LogP contribution in [0.1, 0.15) is 26.0 Å². The average molecular weight is 426 g/mol. The zero-order valence-electron chi connectivity index (χ0n) is 17.7. The van der Waals surface area contributed by atoms with E-state index in [1.807, 2.05) is 6.92 Å². The van der Waals surface area contributed by atoms with Crippen LogP contribution in [0.2, 0.25) is 0 Å². The van der Waals surface area contributed by atoms with E-state index in [0.29, 0.717) is 46.1 Å². The standard InChI is InChI=1S/C20H30N2O8/c1-4-7-29-19(24)20(2)14-30-18(22-20)17-15(23)5-6-16(21-17)28-13-12-27-11-10-26-9-8-25-3/h5-6,23H,4,7-14H2,1-3H3/t20-/m1/s1. The van der Waals surface area contributed by atoms with Crippen molar-refractivity contribution in [2.24, 2.45) is 4.99 Å². The summed E-state index contributed by atoms with van der Waals surface area (Å²) in [6.07, 6.45) is 0.714. The Labute approximate surface area is 176 Å². The van der Waals surface area contributed by atoms with Crippen LogP contribution < -0.4 is 4.74 Å². The summed E-state index contributed by atoms with van der Waals surface area (Å²) in [5.74, 6) is -0.263. The number of pyridine rings is 1. The van der Waals surface area contributed by atoms with Gasteiger partial charge in [-0.05, 0) is 19.4 Å².